The number of amides is 2. The summed E-state index contributed by atoms with van der Waals surface area (Å²) in [5.41, 5.74) is 1.32. The highest BCUT2D eigenvalue weighted by atomic mass is 19.1. The Labute approximate surface area is 208 Å². The van der Waals surface area contributed by atoms with E-state index in [1.807, 2.05) is 6.92 Å². The lowest BCUT2D eigenvalue weighted by atomic mass is 10.1. The van der Waals surface area contributed by atoms with Crippen LogP contribution in [-0.2, 0) is 11.3 Å². The quantitative estimate of drug-likeness (QED) is 0.331. The molecule has 2 heterocycles. The van der Waals surface area contributed by atoms with Gasteiger partial charge in [0.15, 0.2) is 24.8 Å². The van der Waals surface area contributed by atoms with E-state index in [1.165, 1.54) is 23.1 Å². The first-order valence-corrected chi connectivity index (χ1v) is 11.7. The molecule has 4 rings (SSSR count). The number of furan rings is 1. The van der Waals surface area contributed by atoms with E-state index in [-0.39, 0.29) is 48.9 Å². The molecule has 3 aromatic rings. The number of ether oxygens (including phenoxy) is 2. The molecule has 0 spiro atoms. The first-order chi connectivity index (χ1) is 17.4. The van der Waals surface area contributed by atoms with Gasteiger partial charge in [0.25, 0.3) is 11.8 Å². The van der Waals surface area contributed by atoms with Crippen molar-refractivity contribution in [3.8, 4) is 11.5 Å². The summed E-state index contributed by atoms with van der Waals surface area (Å²) in [6.07, 6.45) is 1.83. The van der Waals surface area contributed by atoms with Crippen LogP contribution < -0.4 is 19.7 Å². The van der Waals surface area contributed by atoms with Gasteiger partial charge in [0, 0.05) is 12.1 Å². The molecule has 1 aliphatic rings. The van der Waals surface area contributed by atoms with Gasteiger partial charge in [-0.25, -0.2) is 4.39 Å². The van der Waals surface area contributed by atoms with E-state index in [1.54, 1.807) is 37.3 Å². The average molecular weight is 495 g/mol. The number of fused-ring (bicyclic) bond motifs is 1. The highest BCUT2D eigenvalue weighted by Gasteiger charge is 2.28. The Bertz CT molecular complexity index is 1290. The maximum absolute atomic E-state index is 13.3. The van der Waals surface area contributed by atoms with Gasteiger partial charge in [-0.15, -0.1) is 0 Å². The smallest absolute Gasteiger partial charge is 0.286 e. The number of halogens is 1. The molecule has 0 atom stereocenters. The number of nitrogens with one attached hydrogen (secondary N) is 1. The molecule has 0 radical (unpaired) electrons. The van der Waals surface area contributed by atoms with Crippen LogP contribution in [0.3, 0.4) is 0 Å². The Morgan fingerprint density at radius 1 is 1.14 bits per heavy atom. The molecule has 0 saturated heterocycles. The molecule has 1 aromatic heterocycles. The van der Waals surface area contributed by atoms with E-state index < -0.39 is 0 Å². The standard InChI is InChI=1S/C27H27FN2O6/c1-3-4-11-29-27(33)25-10-7-20(36-25)14-30-21-13-18(5-8-24(21)35-16-26(30)32)22(31)15-34-23-9-6-19(28)12-17(23)2/h5-10,12-13H,3-4,11,14-16H2,1-2H3,(H,29,33). The second kappa shape index (κ2) is 11.1. The minimum Gasteiger partial charge on any atom is -0.485 e. The summed E-state index contributed by atoms with van der Waals surface area (Å²) in [6, 6.07) is 12.1. The topological polar surface area (TPSA) is 98.1 Å². The monoisotopic (exact) mass is 494 g/mol. The predicted octanol–water partition coefficient (Wildman–Crippen LogP) is 4.44. The number of benzene rings is 2. The Hall–Kier alpha value is -4.14. The molecular weight excluding hydrogens is 467 g/mol. The van der Waals surface area contributed by atoms with E-state index in [0.29, 0.717) is 40.6 Å². The van der Waals surface area contributed by atoms with Gasteiger partial charge in [-0.1, -0.05) is 13.3 Å². The minimum atomic E-state index is -0.383. The molecule has 0 unspecified atom stereocenters. The van der Waals surface area contributed by atoms with Gasteiger partial charge in [0.2, 0.25) is 0 Å². The van der Waals surface area contributed by atoms with Crippen LogP contribution >= 0.6 is 0 Å². The molecule has 2 amide bonds. The molecule has 0 bridgehead atoms. The summed E-state index contributed by atoms with van der Waals surface area (Å²) in [5.74, 6) is 0.127. The van der Waals surface area contributed by atoms with Gasteiger partial charge < -0.3 is 19.2 Å². The Kier molecular flexibility index (Phi) is 7.68. The highest BCUT2D eigenvalue weighted by molar-refractivity contribution is 6.02. The zero-order chi connectivity index (χ0) is 25.7. The lowest BCUT2D eigenvalue weighted by Crippen LogP contribution is -2.38. The van der Waals surface area contributed by atoms with E-state index in [9.17, 15) is 18.8 Å². The van der Waals surface area contributed by atoms with Crippen LogP contribution in [0.5, 0.6) is 11.5 Å². The Morgan fingerprint density at radius 3 is 2.75 bits per heavy atom. The Balaban J connectivity index is 1.47. The summed E-state index contributed by atoms with van der Waals surface area (Å²) in [7, 11) is 0. The molecule has 2 aromatic carbocycles. The summed E-state index contributed by atoms with van der Waals surface area (Å²) < 4.78 is 30.1. The third-order valence-electron chi connectivity index (χ3n) is 5.73. The number of aryl methyl sites for hydroxylation is 1. The highest BCUT2D eigenvalue weighted by Crippen LogP contribution is 2.34. The lowest BCUT2D eigenvalue weighted by molar-refractivity contribution is -0.121. The lowest BCUT2D eigenvalue weighted by Gasteiger charge is -2.29. The zero-order valence-electron chi connectivity index (χ0n) is 20.1. The number of carbonyl (C=O) groups is 3. The molecule has 9 heteroatoms. The molecule has 0 fully saturated rings. The largest absolute Gasteiger partial charge is 0.485 e. The van der Waals surface area contributed by atoms with Crippen molar-refractivity contribution in [2.45, 2.75) is 33.2 Å². The fraction of sp³-hybridized carbons (Fsp3) is 0.296. The van der Waals surface area contributed by atoms with Gasteiger partial charge >= 0.3 is 0 Å². The van der Waals surface area contributed by atoms with Crippen LogP contribution in [0.4, 0.5) is 10.1 Å². The van der Waals surface area contributed by atoms with Gasteiger partial charge in [0.1, 0.15) is 23.1 Å². The molecule has 188 valence electrons. The van der Waals surface area contributed by atoms with Crippen molar-refractivity contribution in [2.75, 3.05) is 24.7 Å². The van der Waals surface area contributed by atoms with Crippen molar-refractivity contribution in [3.63, 3.8) is 0 Å². The molecule has 36 heavy (non-hydrogen) atoms. The minimum absolute atomic E-state index is 0.0698. The van der Waals surface area contributed by atoms with Crippen molar-refractivity contribution >= 4 is 23.3 Å². The zero-order valence-corrected chi connectivity index (χ0v) is 20.1. The van der Waals surface area contributed by atoms with Crippen molar-refractivity contribution in [3.05, 3.63) is 77.0 Å². The van der Waals surface area contributed by atoms with Crippen LogP contribution in [-0.4, -0.2) is 37.4 Å². The predicted molar refractivity (Wildman–Crippen MR) is 130 cm³/mol. The van der Waals surface area contributed by atoms with Gasteiger partial charge in [0.05, 0.1) is 12.2 Å². The third-order valence-corrected chi connectivity index (χ3v) is 5.73. The molecule has 0 saturated carbocycles. The van der Waals surface area contributed by atoms with E-state index in [2.05, 4.69) is 5.32 Å². The molecule has 1 aliphatic heterocycles. The first-order valence-electron chi connectivity index (χ1n) is 11.7. The van der Waals surface area contributed by atoms with Crippen molar-refractivity contribution < 1.29 is 32.7 Å². The fourth-order valence-electron chi connectivity index (χ4n) is 3.76. The normalized spacial score (nSPS) is 12.6. The Morgan fingerprint density at radius 2 is 1.97 bits per heavy atom. The summed E-state index contributed by atoms with van der Waals surface area (Å²) in [5, 5.41) is 2.79. The number of rotatable bonds is 10. The fourth-order valence-corrected chi connectivity index (χ4v) is 3.76. The summed E-state index contributed by atoms with van der Waals surface area (Å²) in [6.45, 7) is 3.94. The summed E-state index contributed by atoms with van der Waals surface area (Å²) >= 11 is 0. The first kappa shape index (κ1) is 25.0. The number of hydrogen-bond acceptors (Lipinski definition) is 6. The molecule has 1 N–H and O–H groups in total. The second-order valence-electron chi connectivity index (χ2n) is 8.45. The number of hydrogen-bond donors (Lipinski definition) is 1. The van der Waals surface area contributed by atoms with E-state index in [0.717, 1.165) is 12.8 Å². The third kappa shape index (κ3) is 5.73. The van der Waals surface area contributed by atoms with Gasteiger partial charge in [-0.05, 0) is 67.4 Å². The van der Waals surface area contributed by atoms with Crippen LogP contribution in [0.1, 0.15) is 52.0 Å². The maximum atomic E-state index is 13.3. The number of nitrogens with zero attached hydrogens (tertiary/aromatic N) is 1. The summed E-state index contributed by atoms with van der Waals surface area (Å²) in [4.78, 5) is 39.2. The average Bonchev–Trinajstić information content (AvgIpc) is 3.34. The van der Waals surface area contributed by atoms with Crippen LogP contribution in [0.25, 0.3) is 0 Å². The van der Waals surface area contributed by atoms with Crippen molar-refractivity contribution in [1.29, 1.82) is 0 Å². The van der Waals surface area contributed by atoms with Crippen molar-refractivity contribution in [1.82, 2.24) is 5.32 Å². The SMILES string of the molecule is CCCCNC(=O)c1ccc(CN2C(=O)COc3ccc(C(=O)COc4ccc(F)cc4C)cc32)o1. The van der Waals surface area contributed by atoms with Crippen LogP contribution in [0, 0.1) is 12.7 Å². The van der Waals surface area contributed by atoms with Gasteiger partial charge in [-0.3, -0.25) is 19.3 Å². The van der Waals surface area contributed by atoms with E-state index in [4.69, 9.17) is 13.9 Å². The van der Waals surface area contributed by atoms with E-state index >= 15 is 0 Å². The number of Topliss-reactive ketones (excluding diaryl/α,β-unsaturated/α-hetero) is 1. The number of ketones is 1. The van der Waals surface area contributed by atoms with Crippen LogP contribution in [0.2, 0.25) is 0 Å². The number of unbranched alkanes of at least 4 members (excludes halogenated alkanes) is 1. The molecule has 8 nitrogen and oxygen atoms in total. The molecular formula is C27H27FN2O6. The number of anilines is 1. The van der Waals surface area contributed by atoms with Gasteiger partial charge in [-0.2, -0.15) is 0 Å². The van der Waals surface area contributed by atoms with Crippen molar-refractivity contribution in [2.24, 2.45) is 0 Å². The maximum Gasteiger partial charge on any atom is 0.286 e. The van der Waals surface area contributed by atoms with Crippen LogP contribution in [0.15, 0.2) is 52.9 Å². The number of carbonyl (C=O) groups excluding carboxylic acids is 3. The second-order valence-corrected chi connectivity index (χ2v) is 8.45. The molecule has 0 aliphatic carbocycles.